The van der Waals surface area contributed by atoms with E-state index in [2.05, 4.69) is 24.3 Å². The molecule has 15 heavy (non-hydrogen) atoms. The van der Waals surface area contributed by atoms with E-state index in [0.29, 0.717) is 12.0 Å². The van der Waals surface area contributed by atoms with Crippen molar-refractivity contribution in [1.82, 2.24) is 10.3 Å². The van der Waals surface area contributed by atoms with Crippen LogP contribution in [-0.2, 0) is 0 Å². The number of hydrazine groups is 1. The Bertz CT molecular complexity index is 319. The van der Waals surface area contributed by atoms with E-state index in [9.17, 15) is 0 Å². The Morgan fingerprint density at radius 3 is 2.40 bits per heavy atom. The summed E-state index contributed by atoms with van der Waals surface area (Å²) in [5, 5.41) is 0. The van der Waals surface area contributed by atoms with Crippen molar-refractivity contribution >= 4 is 11.6 Å². The SMILES string of the molecule is CC(C)N(C)C(=Nc1ccccc1)NN. The summed E-state index contributed by atoms with van der Waals surface area (Å²) in [6, 6.07) is 10.1. The molecule has 0 atom stereocenters. The van der Waals surface area contributed by atoms with Gasteiger partial charge in [0.1, 0.15) is 0 Å². The van der Waals surface area contributed by atoms with E-state index in [1.807, 2.05) is 42.3 Å². The number of hydrogen-bond donors (Lipinski definition) is 2. The highest BCUT2D eigenvalue weighted by Gasteiger charge is 2.07. The number of aliphatic imine (C=N–C) groups is 1. The zero-order valence-corrected chi connectivity index (χ0v) is 9.44. The molecule has 0 aromatic heterocycles. The van der Waals surface area contributed by atoms with E-state index in [1.54, 1.807) is 0 Å². The molecule has 1 rings (SSSR count). The van der Waals surface area contributed by atoms with E-state index in [1.165, 1.54) is 0 Å². The maximum atomic E-state index is 5.44. The van der Waals surface area contributed by atoms with Crippen molar-refractivity contribution in [3.63, 3.8) is 0 Å². The average Bonchev–Trinajstić information content (AvgIpc) is 2.26. The van der Waals surface area contributed by atoms with Gasteiger partial charge in [0.25, 0.3) is 0 Å². The zero-order chi connectivity index (χ0) is 11.3. The molecule has 4 heteroatoms. The molecule has 3 N–H and O–H groups in total. The van der Waals surface area contributed by atoms with Gasteiger partial charge in [-0.1, -0.05) is 18.2 Å². The lowest BCUT2D eigenvalue weighted by Crippen LogP contribution is -2.45. The van der Waals surface area contributed by atoms with Crippen LogP contribution in [0, 0.1) is 0 Å². The molecule has 82 valence electrons. The van der Waals surface area contributed by atoms with E-state index < -0.39 is 0 Å². The van der Waals surface area contributed by atoms with Gasteiger partial charge in [-0.15, -0.1) is 0 Å². The van der Waals surface area contributed by atoms with Crippen LogP contribution in [0.1, 0.15) is 13.8 Å². The second-order valence-electron chi connectivity index (χ2n) is 3.62. The molecule has 4 nitrogen and oxygen atoms in total. The molecule has 0 aliphatic carbocycles. The largest absolute Gasteiger partial charge is 0.342 e. The summed E-state index contributed by atoms with van der Waals surface area (Å²) >= 11 is 0. The molecule has 0 heterocycles. The minimum absolute atomic E-state index is 0.350. The lowest BCUT2D eigenvalue weighted by atomic mass is 10.3. The Kier molecular flexibility index (Phi) is 4.12. The number of para-hydroxylation sites is 1. The molecule has 0 aliphatic heterocycles. The van der Waals surface area contributed by atoms with Crippen LogP contribution in [-0.4, -0.2) is 23.9 Å². The monoisotopic (exact) mass is 206 g/mol. The molecule has 0 saturated carbocycles. The molecule has 0 amide bonds. The van der Waals surface area contributed by atoms with Crippen molar-refractivity contribution in [3.05, 3.63) is 30.3 Å². The third kappa shape index (κ3) is 3.25. The van der Waals surface area contributed by atoms with Gasteiger partial charge in [-0.05, 0) is 26.0 Å². The van der Waals surface area contributed by atoms with E-state index in [4.69, 9.17) is 5.84 Å². The van der Waals surface area contributed by atoms with E-state index in [-0.39, 0.29) is 0 Å². The van der Waals surface area contributed by atoms with Gasteiger partial charge in [0.15, 0.2) is 0 Å². The van der Waals surface area contributed by atoms with E-state index in [0.717, 1.165) is 5.69 Å². The van der Waals surface area contributed by atoms with Crippen molar-refractivity contribution in [1.29, 1.82) is 0 Å². The Balaban J connectivity index is 2.87. The van der Waals surface area contributed by atoms with Gasteiger partial charge in [0, 0.05) is 13.1 Å². The van der Waals surface area contributed by atoms with Gasteiger partial charge in [0.05, 0.1) is 5.69 Å². The first-order valence-electron chi connectivity index (χ1n) is 4.98. The summed E-state index contributed by atoms with van der Waals surface area (Å²) in [7, 11) is 1.95. The Labute approximate surface area is 90.8 Å². The molecule has 1 aromatic rings. The molecule has 0 aliphatic rings. The highest BCUT2D eigenvalue weighted by atomic mass is 15.4. The van der Waals surface area contributed by atoms with Gasteiger partial charge >= 0.3 is 0 Å². The second-order valence-corrected chi connectivity index (χ2v) is 3.62. The second kappa shape index (κ2) is 5.36. The van der Waals surface area contributed by atoms with Crippen LogP contribution in [0.15, 0.2) is 35.3 Å². The van der Waals surface area contributed by atoms with E-state index >= 15 is 0 Å². The lowest BCUT2D eigenvalue weighted by Gasteiger charge is -2.24. The number of nitrogens with one attached hydrogen (secondary N) is 1. The quantitative estimate of drug-likeness (QED) is 0.333. The fourth-order valence-corrected chi connectivity index (χ4v) is 1.08. The molecular weight excluding hydrogens is 188 g/mol. The molecule has 0 spiro atoms. The third-order valence-electron chi connectivity index (χ3n) is 2.23. The summed E-state index contributed by atoms with van der Waals surface area (Å²) in [6.07, 6.45) is 0. The molecule has 0 unspecified atom stereocenters. The average molecular weight is 206 g/mol. The Morgan fingerprint density at radius 2 is 1.93 bits per heavy atom. The Hall–Kier alpha value is -1.55. The van der Waals surface area contributed by atoms with Gasteiger partial charge in [0.2, 0.25) is 5.96 Å². The van der Waals surface area contributed by atoms with Crippen molar-refractivity contribution < 1.29 is 0 Å². The first kappa shape index (κ1) is 11.5. The number of hydrogen-bond acceptors (Lipinski definition) is 2. The predicted octanol–water partition coefficient (Wildman–Crippen LogP) is 1.48. The van der Waals surface area contributed by atoms with Crippen LogP contribution in [0.25, 0.3) is 0 Å². The first-order chi connectivity index (χ1) is 7.15. The fourth-order valence-electron chi connectivity index (χ4n) is 1.08. The standard InChI is InChI=1S/C11H18N4/c1-9(2)15(3)11(14-12)13-10-7-5-4-6-8-10/h4-9H,12H2,1-3H3,(H,13,14). The van der Waals surface area contributed by atoms with Crippen molar-refractivity contribution in [3.8, 4) is 0 Å². The summed E-state index contributed by atoms with van der Waals surface area (Å²) in [5.74, 6) is 6.10. The minimum Gasteiger partial charge on any atom is -0.342 e. The fraction of sp³-hybridized carbons (Fsp3) is 0.364. The molecular formula is C11H18N4. The van der Waals surface area contributed by atoms with Crippen LogP contribution in [0.3, 0.4) is 0 Å². The number of guanidine groups is 1. The topological polar surface area (TPSA) is 53.6 Å². The molecule has 1 aromatic carbocycles. The van der Waals surface area contributed by atoms with Gasteiger partial charge in [-0.3, -0.25) is 5.43 Å². The molecule has 0 radical (unpaired) electrons. The van der Waals surface area contributed by atoms with Crippen molar-refractivity contribution in [2.24, 2.45) is 10.8 Å². The summed E-state index contributed by atoms with van der Waals surface area (Å²) < 4.78 is 0. The maximum Gasteiger partial charge on any atom is 0.213 e. The number of nitrogens with two attached hydrogens (primary N) is 1. The first-order valence-corrected chi connectivity index (χ1v) is 4.98. The summed E-state index contributed by atoms with van der Waals surface area (Å²) in [6.45, 7) is 4.16. The molecule has 0 bridgehead atoms. The van der Waals surface area contributed by atoms with Crippen LogP contribution in [0.4, 0.5) is 5.69 Å². The maximum absolute atomic E-state index is 5.44. The number of benzene rings is 1. The summed E-state index contributed by atoms with van der Waals surface area (Å²) in [5.41, 5.74) is 3.49. The Morgan fingerprint density at radius 1 is 1.33 bits per heavy atom. The highest BCUT2D eigenvalue weighted by molar-refractivity contribution is 5.82. The molecule has 0 fully saturated rings. The molecule has 0 saturated heterocycles. The lowest BCUT2D eigenvalue weighted by molar-refractivity contribution is 0.403. The van der Waals surface area contributed by atoms with Gasteiger partial charge in [-0.25, -0.2) is 10.8 Å². The van der Waals surface area contributed by atoms with Crippen LogP contribution in [0.2, 0.25) is 0 Å². The van der Waals surface area contributed by atoms with Crippen LogP contribution < -0.4 is 11.3 Å². The highest BCUT2D eigenvalue weighted by Crippen LogP contribution is 2.10. The zero-order valence-electron chi connectivity index (χ0n) is 9.44. The summed E-state index contributed by atoms with van der Waals surface area (Å²) in [4.78, 5) is 6.38. The smallest absolute Gasteiger partial charge is 0.213 e. The van der Waals surface area contributed by atoms with Crippen LogP contribution in [0.5, 0.6) is 0 Å². The third-order valence-corrected chi connectivity index (χ3v) is 2.23. The normalized spacial score (nSPS) is 11.7. The van der Waals surface area contributed by atoms with Crippen molar-refractivity contribution in [2.75, 3.05) is 7.05 Å². The van der Waals surface area contributed by atoms with Crippen molar-refractivity contribution in [2.45, 2.75) is 19.9 Å². The minimum atomic E-state index is 0.350. The van der Waals surface area contributed by atoms with Crippen LogP contribution >= 0.6 is 0 Å². The van der Waals surface area contributed by atoms with Gasteiger partial charge in [-0.2, -0.15) is 0 Å². The number of nitrogens with zero attached hydrogens (tertiary/aromatic N) is 2. The predicted molar refractivity (Wildman–Crippen MR) is 63.8 cm³/mol. The van der Waals surface area contributed by atoms with Gasteiger partial charge < -0.3 is 4.90 Å². The number of rotatable bonds is 2.